The van der Waals surface area contributed by atoms with E-state index in [4.69, 9.17) is 5.14 Å². The van der Waals surface area contributed by atoms with Crippen molar-refractivity contribution in [2.45, 2.75) is 11.1 Å². The number of primary sulfonamides is 1. The number of nitrogens with two attached hydrogens (primary N) is 1. The van der Waals surface area contributed by atoms with E-state index in [1.165, 1.54) is 0 Å². The fourth-order valence-electron chi connectivity index (χ4n) is 2.74. The average Bonchev–Trinajstić information content (AvgIpc) is 2.98. The highest BCUT2D eigenvalue weighted by molar-refractivity contribution is 7.89. The molecule has 0 radical (unpaired) electrons. The minimum atomic E-state index is -4.86. The maximum atomic E-state index is 13.5. The van der Waals surface area contributed by atoms with Gasteiger partial charge in [0.25, 0.3) is 5.91 Å². The third-order valence-electron chi connectivity index (χ3n) is 4.28. The topological polar surface area (TPSA) is 96.1 Å². The van der Waals surface area contributed by atoms with Crippen molar-refractivity contribution in [3.63, 3.8) is 0 Å². The second-order valence-electron chi connectivity index (χ2n) is 6.65. The summed E-state index contributed by atoms with van der Waals surface area (Å²) in [7, 11) is -0.344. The Labute approximate surface area is 170 Å². The summed E-state index contributed by atoms with van der Waals surface area (Å²) in [4.78, 5) is 14.3. The number of carbonyl (C=O) groups excluding carboxylic acids is 1. The van der Waals surface area contributed by atoms with Gasteiger partial charge in [0.2, 0.25) is 10.0 Å². The molecule has 0 saturated heterocycles. The van der Waals surface area contributed by atoms with Crippen molar-refractivity contribution in [1.29, 1.82) is 0 Å². The molecule has 3 rings (SSSR count). The quantitative estimate of drug-likeness (QED) is 0.743. The zero-order valence-corrected chi connectivity index (χ0v) is 16.7. The van der Waals surface area contributed by atoms with Crippen LogP contribution in [0.15, 0.2) is 64.1 Å². The van der Waals surface area contributed by atoms with E-state index in [1.54, 1.807) is 24.3 Å². The molecule has 158 valence electrons. The third kappa shape index (κ3) is 4.36. The lowest BCUT2D eigenvalue weighted by Crippen LogP contribution is -2.25. The van der Waals surface area contributed by atoms with Crippen LogP contribution >= 0.6 is 0 Å². The normalized spacial score (nSPS) is 16.2. The molecule has 0 bridgehead atoms. The Hall–Kier alpha value is -3.18. The number of benzene rings is 2. The molecule has 1 aliphatic rings. The van der Waals surface area contributed by atoms with E-state index >= 15 is 0 Å². The molecule has 2 N–H and O–H groups in total. The molecule has 2 aromatic rings. The Kier molecular flexibility index (Phi) is 5.44. The van der Waals surface area contributed by atoms with Gasteiger partial charge in [0, 0.05) is 19.8 Å². The van der Waals surface area contributed by atoms with Gasteiger partial charge in [0.1, 0.15) is 0 Å². The van der Waals surface area contributed by atoms with Gasteiger partial charge >= 0.3 is 6.18 Å². The van der Waals surface area contributed by atoms with Crippen molar-refractivity contribution in [2.75, 3.05) is 24.0 Å². The van der Waals surface area contributed by atoms with Crippen LogP contribution in [0.2, 0.25) is 0 Å². The van der Waals surface area contributed by atoms with E-state index in [0.29, 0.717) is 10.6 Å². The Morgan fingerprint density at radius 2 is 1.60 bits per heavy atom. The highest BCUT2D eigenvalue weighted by Gasteiger charge is 2.46. The minimum absolute atomic E-state index is 0.0273. The summed E-state index contributed by atoms with van der Waals surface area (Å²) in [6, 6.07) is 11.1. The first-order valence-corrected chi connectivity index (χ1v) is 10.0. The number of hydrazone groups is 1. The zero-order valence-electron chi connectivity index (χ0n) is 15.9. The van der Waals surface area contributed by atoms with E-state index in [2.05, 4.69) is 5.10 Å². The zero-order chi connectivity index (χ0) is 22.3. The number of anilines is 2. The van der Waals surface area contributed by atoms with E-state index in [9.17, 15) is 26.4 Å². The predicted octanol–water partition coefficient (Wildman–Crippen LogP) is 2.75. The smallest absolute Gasteiger partial charge is 0.378 e. The largest absolute Gasteiger partial charge is 0.435 e. The van der Waals surface area contributed by atoms with Gasteiger partial charge < -0.3 is 4.90 Å². The van der Waals surface area contributed by atoms with Crippen LogP contribution in [0.5, 0.6) is 0 Å². The van der Waals surface area contributed by atoms with Crippen molar-refractivity contribution >= 4 is 39.1 Å². The molecule has 0 unspecified atom stereocenters. The molecule has 11 heteroatoms. The second kappa shape index (κ2) is 7.58. The number of sulfonamides is 1. The van der Waals surface area contributed by atoms with E-state index < -0.39 is 33.4 Å². The number of rotatable bonds is 4. The molecule has 0 atom stereocenters. The Balaban J connectivity index is 2.01. The van der Waals surface area contributed by atoms with Crippen LogP contribution < -0.4 is 15.0 Å². The maximum absolute atomic E-state index is 13.5. The molecular formula is C19H17F3N4O3S. The van der Waals surface area contributed by atoms with Crippen molar-refractivity contribution in [3.05, 3.63) is 59.7 Å². The van der Waals surface area contributed by atoms with Crippen LogP contribution in [0.3, 0.4) is 0 Å². The number of alkyl halides is 3. The van der Waals surface area contributed by atoms with Gasteiger partial charge in [0.05, 0.1) is 16.2 Å². The summed E-state index contributed by atoms with van der Waals surface area (Å²) in [6.07, 6.45) is -3.74. The molecule has 7 nitrogen and oxygen atoms in total. The summed E-state index contributed by atoms with van der Waals surface area (Å²) in [6.45, 7) is 0. The fraction of sp³-hybridized carbons (Fsp3) is 0.158. The molecule has 1 heterocycles. The van der Waals surface area contributed by atoms with Crippen LogP contribution in [-0.4, -0.2) is 40.3 Å². The number of amides is 1. The summed E-state index contributed by atoms with van der Waals surface area (Å²) >= 11 is 0. The van der Waals surface area contributed by atoms with Gasteiger partial charge in [-0.2, -0.15) is 23.3 Å². The highest BCUT2D eigenvalue weighted by atomic mass is 32.2. The van der Waals surface area contributed by atoms with Crippen LogP contribution in [0.1, 0.15) is 5.56 Å². The number of hydrogen-bond acceptors (Lipinski definition) is 5. The van der Waals surface area contributed by atoms with Crippen LogP contribution in [0, 0.1) is 0 Å². The van der Waals surface area contributed by atoms with Crippen molar-refractivity contribution < 1.29 is 26.4 Å². The first-order valence-electron chi connectivity index (χ1n) is 8.50. The molecule has 0 aromatic heterocycles. The summed E-state index contributed by atoms with van der Waals surface area (Å²) in [5, 5.41) is 9.03. The summed E-state index contributed by atoms with van der Waals surface area (Å²) < 4.78 is 63.2. The number of carbonyl (C=O) groups is 1. The van der Waals surface area contributed by atoms with Gasteiger partial charge in [-0.15, -0.1) is 0 Å². The number of halogens is 3. The Bertz CT molecular complexity index is 1140. The van der Waals surface area contributed by atoms with Crippen LogP contribution in [-0.2, 0) is 14.8 Å². The maximum Gasteiger partial charge on any atom is 0.435 e. The first kappa shape index (κ1) is 21.5. The molecule has 2 aromatic carbocycles. The Morgan fingerprint density at radius 3 is 2.07 bits per heavy atom. The lowest BCUT2D eigenvalue weighted by Gasteiger charge is -2.12. The molecule has 0 aliphatic carbocycles. The summed E-state index contributed by atoms with van der Waals surface area (Å²) in [5.74, 6) is -0.984. The molecule has 0 fully saturated rings. The molecule has 1 amide bonds. The fourth-order valence-corrected chi connectivity index (χ4v) is 3.26. The minimum Gasteiger partial charge on any atom is -0.378 e. The standard InChI is InChI=1S/C19H17F3N4O3S/c1-25(2)13-5-3-12(4-6-13)11-16-17(19(20,21)22)24-26(18(16)27)14-7-9-15(10-8-14)30(23,28)29/h3-11H,1-2H3,(H2,23,28,29)/b16-11-. The van der Waals surface area contributed by atoms with Crippen molar-refractivity contribution in [2.24, 2.45) is 10.2 Å². The Morgan fingerprint density at radius 1 is 1.03 bits per heavy atom. The van der Waals surface area contributed by atoms with E-state index in [-0.39, 0.29) is 10.6 Å². The van der Waals surface area contributed by atoms with Gasteiger partial charge in [0.15, 0.2) is 5.71 Å². The lowest BCUT2D eigenvalue weighted by molar-refractivity contribution is -0.114. The molecule has 30 heavy (non-hydrogen) atoms. The lowest BCUT2D eigenvalue weighted by atomic mass is 10.1. The van der Waals surface area contributed by atoms with Crippen LogP contribution in [0.25, 0.3) is 6.08 Å². The van der Waals surface area contributed by atoms with Gasteiger partial charge in [-0.05, 0) is 48.0 Å². The molecule has 0 saturated carbocycles. The van der Waals surface area contributed by atoms with Crippen LogP contribution in [0.4, 0.5) is 24.5 Å². The summed E-state index contributed by atoms with van der Waals surface area (Å²) in [5.41, 5.74) is -0.737. The van der Waals surface area contributed by atoms with Gasteiger partial charge in [-0.25, -0.2) is 13.6 Å². The molecule has 1 aliphatic heterocycles. The molecular weight excluding hydrogens is 421 g/mol. The van der Waals surface area contributed by atoms with Crippen molar-refractivity contribution in [1.82, 2.24) is 0 Å². The van der Waals surface area contributed by atoms with E-state index in [1.807, 2.05) is 19.0 Å². The average molecular weight is 438 g/mol. The van der Waals surface area contributed by atoms with Gasteiger partial charge in [-0.1, -0.05) is 12.1 Å². The van der Waals surface area contributed by atoms with E-state index in [0.717, 1.165) is 36.0 Å². The highest BCUT2D eigenvalue weighted by Crippen LogP contribution is 2.33. The molecule has 0 spiro atoms. The third-order valence-corrected chi connectivity index (χ3v) is 5.21. The monoisotopic (exact) mass is 438 g/mol. The SMILES string of the molecule is CN(C)c1ccc(/C=C2\C(=O)N(c3ccc(S(N)(=O)=O)cc3)N=C2C(F)(F)F)cc1. The second-order valence-corrected chi connectivity index (χ2v) is 8.21. The predicted molar refractivity (Wildman–Crippen MR) is 108 cm³/mol. The van der Waals surface area contributed by atoms with Gasteiger partial charge in [-0.3, -0.25) is 4.79 Å². The first-order chi connectivity index (χ1) is 13.9. The number of hydrogen-bond donors (Lipinski definition) is 1. The number of nitrogens with zero attached hydrogens (tertiary/aromatic N) is 3. The van der Waals surface area contributed by atoms with Crippen molar-refractivity contribution in [3.8, 4) is 0 Å².